The zero-order chi connectivity index (χ0) is 15.4. The number of nitrogens with zero attached hydrogens (tertiary/aromatic N) is 2. The van der Waals surface area contributed by atoms with Gasteiger partial charge in [0, 0.05) is 22.5 Å². The van der Waals surface area contributed by atoms with Crippen molar-refractivity contribution in [2.45, 2.75) is 43.4 Å². The Kier molecular flexibility index (Phi) is 5.50. The Morgan fingerprint density at radius 1 is 1.48 bits per heavy atom. The highest BCUT2D eigenvalue weighted by Gasteiger charge is 2.14. The molecule has 7 heteroatoms. The van der Waals surface area contributed by atoms with Gasteiger partial charge < -0.3 is 5.32 Å². The molecule has 0 unspecified atom stereocenters. The summed E-state index contributed by atoms with van der Waals surface area (Å²) in [5.74, 6) is 0. The molecular formula is C14H19ClN4OS. The maximum atomic E-state index is 11.8. The second-order valence-electron chi connectivity index (χ2n) is 4.91. The molecule has 2 rings (SSSR count). The predicted molar refractivity (Wildman–Crippen MR) is 86.2 cm³/mol. The standard InChI is InChI=1S/C14H19ClN4OS/c1-4-16-8-10-7-11(15)5-6-12(10)21-14-18-17-13(20)19(14)9(2)3/h5-7,9,16H,4,8H2,1-3H3,(H,17,20). The predicted octanol–water partition coefficient (Wildman–Crippen LogP) is 3.07. The number of halogens is 1. The smallest absolute Gasteiger partial charge is 0.313 e. The molecule has 1 heterocycles. The largest absolute Gasteiger partial charge is 0.344 e. The normalized spacial score (nSPS) is 11.3. The number of rotatable bonds is 6. The van der Waals surface area contributed by atoms with E-state index in [-0.39, 0.29) is 11.7 Å². The molecule has 1 aromatic heterocycles. The summed E-state index contributed by atoms with van der Waals surface area (Å²) in [5, 5.41) is 11.3. The minimum atomic E-state index is -0.185. The van der Waals surface area contributed by atoms with Gasteiger partial charge in [-0.15, -0.1) is 5.10 Å². The summed E-state index contributed by atoms with van der Waals surface area (Å²) in [5.41, 5.74) is 0.912. The third-order valence-corrected chi connectivity index (χ3v) is 4.30. The van der Waals surface area contributed by atoms with Crippen molar-refractivity contribution >= 4 is 23.4 Å². The Morgan fingerprint density at radius 3 is 2.90 bits per heavy atom. The van der Waals surface area contributed by atoms with Crippen LogP contribution in [0.4, 0.5) is 0 Å². The summed E-state index contributed by atoms with van der Waals surface area (Å²) in [6, 6.07) is 5.81. The molecule has 2 N–H and O–H groups in total. The van der Waals surface area contributed by atoms with E-state index < -0.39 is 0 Å². The molecule has 114 valence electrons. The van der Waals surface area contributed by atoms with E-state index in [1.165, 1.54) is 11.8 Å². The maximum Gasteiger partial charge on any atom is 0.344 e. The fraction of sp³-hybridized carbons (Fsp3) is 0.429. The Balaban J connectivity index is 2.33. The molecule has 0 saturated heterocycles. The zero-order valence-electron chi connectivity index (χ0n) is 12.3. The molecule has 0 spiro atoms. The molecule has 0 aliphatic carbocycles. The summed E-state index contributed by atoms with van der Waals surface area (Å²) in [6.07, 6.45) is 0. The average Bonchev–Trinajstić information content (AvgIpc) is 2.80. The van der Waals surface area contributed by atoms with Crippen LogP contribution in [0, 0.1) is 0 Å². The maximum absolute atomic E-state index is 11.8. The highest BCUT2D eigenvalue weighted by molar-refractivity contribution is 7.99. The van der Waals surface area contributed by atoms with Gasteiger partial charge in [-0.05, 0) is 55.9 Å². The lowest BCUT2D eigenvalue weighted by molar-refractivity contribution is 0.534. The van der Waals surface area contributed by atoms with E-state index in [9.17, 15) is 4.79 Å². The first-order valence-corrected chi connectivity index (χ1v) is 8.06. The van der Waals surface area contributed by atoms with Gasteiger partial charge in [0.05, 0.1) is 0 Å². The molecule has 0 amide bonds. The van der Waals surface area contributed by atoms with E-state index in [0.29, 0.717) is 10.2 Å². The molecule has 5 nitrogen and oxygen atoms in total. The summed E-state index contributed by atoms with van der Waals surface area (Å²) in [4.78, 5) is 12.8. The van der Waals surface area contributed by atoms with Crippen molar-refractivity contribution in [1.29, 1.82) is 0 Å². The van der Waals surface area contributed by atoms with Crippen LogP contribution >= 0.6 is 23.4 Å². The van der Waals surface area contributed by atoms with Crippen molar-refractivity contribution in [3.63, 3.8) is 0 Å². The number of hydrogen-bond acceptors (Lipinski definition) is 4. The molecule has 0 saturated carbocycles. The van der Waals surface area contributed by atoms with Crippen molar-refractivity contribution in [3.8, 4) is 0 Å². The first-order valence-electron chi connectivity index (χ1n) is 6.86. The first kappa shape index (κ1) is 16.1. The lowest BCUT2D eigenvalue weighted by Gasteiger charge is -2.12. The SMILES string of the molecule is CCNCc1cc(Cl)ccc1Sc1n[nH]c(=O)n1C(C)C. The molecule has 0 atom stereocenters. The molecule has 0 fully saturated rings. The third kappa shape index (κ3) is 3.90. The molecule has 0 aliphatic rings. The van der Waals surface area contributed by atoms with Crippen LogP contribution in [-0.4, -0.2) is 21.3 Å². The van der Waals surface area contributed by atoms with Crippen LogP contribution in [0.3, 0.4) is 0 Å². The van der Waals surface area contributed by atoms with Crippen molar-refractivity contribution < 1.29 is 0 Å². The molecule has 0 aliphatic heterocycles. The fourth-order valence-electron chi connectivity index (χ4n) is 1.96. The zero-order valence-corrected chi connectivity index (χ0v) is 13.9. The number of aromatic amines is 1. The Hall–Kier alpha value is -1.24. The Labute approximate surface area is 133 Å². The van der Waals surface area contributed by atoms with E-state index in [1.807, 2.05) is 32.0 Å². The van der Waals surface area contributed by atoms with Crippen molar-refractivity contribution in [2.75, 3.05) is 6.54 Å². The molecule has 1 aromatic carbocycles. The van der Waals surface area contributed by atoms with Gasteiger partial charge in [0.25, 0.3) is 0 Å². The van der Waals surface area contributed by atoms with Gasteiger partial charge in [0.15, 0.2) is 5.16 Å². The van der Waals surface area contributed by atoms with E-state index in [1.54, 1.807) is 4.57 Å². The second-order valence-corrected chi connectivity index (χ2v) is 6.36. The molecule has 2 aromatic rings. The summed E-state index contributed by atoms with van der Waals surface area (Å²) in [7, 11) is 0. The lowest BCUT2D eigenvalue weighted by Crippen LogP contribution is -2.19. The second kappa shape index (κ2) is 7.15. The fourth-order valence-corrected chi connectivity index (χ4v) is 3.23. The van der Waals surface area contributed by atoms with E-state index in [0.717, 1.165) is 23.5 Å². The highest BCUT2D eigenvalue weighted by Crippen LogP contribution is 2.31. The van der Waals surface area contributed by atoms with Gasteiger partial charge in [0.2, 0.25) is 0 Å². The summed E-state index contributed by atoms with van der Waals surface area (Å²) in [6.45, 7) is 7.59. The minimum Gasteiger partial charge on any atom is -0.313 e. The van der Waals surface area contributed by atoms with Crippen LogP contribution < -0.4 is 11.0 Å². The molecule has 21 heavy (non-hydrogen) atoms. The van der Waals surface area contributed by atoms with Crippen molar-refractivity contribution in [3.05, 3.63) is 39.3 Å². The van der Waals surface area contributed by atoms with E-state index >= 15 is 0 Å². The van der Waals surface area contributed by atoms with Gasteiger partial charge in [-0.2, -0.15) is 0 Å². The van der Waals surface area contributed by atoms with Crippen molar-refractivity contribution in [1.82, 2.24) is 20.1 Å². The van der Waals surface area contributed by atoms with Gasteiger partial charge in [-0.1, -0.05) is 18.5 Å². The van der Waals surface area contributed by atoms with Crippen LogP contribution in [0.15, 0.2) is 33.0 Å². The number of H-pyrrole nitrogens is 1. The van der Waals surface area contributed by atoms with Crippen LogP contribution in [0.25, 0.3) is 0 Å². The first-order chi connectivity index (χ1) is 10.0. The van der Waals surface area contributed by atoms with Crippen LogP contribution in [0.1, 0.15) is 32.4 Å². The van der Waals surface area contributed by atoms with Crippen LogP contribution in [0.2, 0.25) is 5.02 Å². The third-order valence-electron chi connectivity index (χ3n) is 2.98. The monoisotopic (exact) mass is 326 g/mol. The number of benzene rings is 1. The molecular weight excluding hydrogens is 308 g/mol. The molecule has 0 bridgehead atoms. The van der Waals surface area contributed by atoms with Gasteiger partial charge >= 0.3 is 5.69 Å². The van der Waals surface area contributed by atoms with Gasteiger partial charge in [-0.25, -0.2) is 9.89 Å². The number of nitrogens with one attached hydrogen (secondary N) is 2. The van der Waals surface area contributed by atoms with Gasteiger partial charge in [-0.3, -0.25) is 4.57 Å². The lowest BCUT2D eigenvalue weighted by atomic mass is 10.2. The van der Waals surface area contributed by atoms with E-state index in [2.05, 4.69) is 22.4 Å². The van der Waals surface area contributed by atoms with E-state index in [4.69, 9.17) is 11.6 Å². The number of hydrogen-bond donors (Lipinski definition) is 2. The Morgan fingerprint density at radius 2 is 2.24 bits per heavy atom. The number of aromatic nitrogens is 3. The summed E-state index contributed by atoms with van der Waals surface area (Å²) >= 11 is 7.54. The van der Waals surface area contributed by atoms with Crippen LogP contribution in [-0.2, 0) is 6.54 Å². The van der Waals surface area contributed by atoms with Crippen molar-refractivity contribution in [2.24, 2.45) is 0 Å². The quantitative estimate of drug-likeness (QED) is 0.856. The highest BCUT2D eigenvalue weighted by atomic mass is 35.5. The minimum absolute atomic E-state index is 0.0586. The molecule has 0 radical (unpaired) electrons. The Bertz CT molecular complexity index is 665. The topological polar surface area (TPSA) is 62.7 Å². The average molecular weight is 327 g/mol. The van der Waals surface area contributed by atoms with Crippen LogP contribution in [0.5, 0.6) is 0 Å². The summed E-state index contributed by atoms with van der Waals surface area (Å²) < 4.78 is 1.65. The van der Waals surface area contributed by atoms with Gasteiger partial charge in [0.1, 0.15) is 0 Å².